The van der Waals surface area contributed by atoms with E-state index in [-0.39, 0.29) is 5.91 Å². The fourth-order valence-electron chi connectivity index (χ4n) is 2.39. The van der Waals surface area contributed by atoms with Crippen LogP contribution in [0.4, 0.5) is 5.13 Å². The van der Waals surface area contributed by atoms with Gasteiger partial charge in [0.25, 0.3) is 5.91 Å². The lowest BCUT2D eigenvalue weighted by Gasteiger charge is -2.06. The lowest BCUT2D eigenvalue weighted by Crippen LogP contribution is -2.22. The van der Waals surface area contributed by atoms with E-state index in [1.807, 2.05) is 35.7 Å². The largest absolute Gasteiger partial charge is 0.393 e. The third-order valence-electron chi connectivity index (χ3n) is 3.43. The van der Waals surface area contributed by atoms with Crippen LogP contribution in [0, 0.1) is 0 Å². The molecule has 8 heteroatoms. The van der Waals surface area contributed by atoms with Crippen LogP contribution in [0.1, 0.15) is 4.88 Å². The van der Waals surface area contributed by atoms with E-state index in [0.29, 0.717) is 16.4 Å². The Hall–Kier alpha value is -2.03. The summed E-state index contributed by atoms with van der Waals surface area (Å²) in [6.45, 7) is 0. The molecule has 0 saturated carbocycles. The minimum absolute atomic E-state index is 0.178. The quantitative estimate of drug-likeness (QED) is 0.654. The molecule has 0 saturated heterocycles. The molecule has 0 radical (unpaired) electrons. The van der Waals surface area contributed by atoms with Crippen LogP contribution in [0.15, 0.2) is 57.1 Å². The molecule has 1 N–H and O–H groups in total. The molecule has 24 heavy (non-hydrogen) atoms. The second-order valence-corrected chi connectivity index (χ2v) is 7.84. The minimum Gasteiger partial charge on any atom is -0.393 e. The number of thiazole rings is 1. The number of thiophene rings is 1. The van der Waals surface area contributed by atoms with E-state index in [2.05, 4.69) is 31.3 Å². The van der Waals surface area contributed by atoms with Crippen LogP contribution in [0.2, 0.25) is 0 Å². The number of para-hydroxylation sites is 1. The van der Waals surface area contributed by atoms with Crippen molar-refractivity contribution in [1.29, 1.82) is 0 Å². The molecule has 0 atom stereocenters. The van der Waals surface area contributed by atoms with Gasteiger partial charge in [-0.15, -0.1) is 11.3 Å². The summed E-state index contributed by atoms with van der Waals surface area (Å²) in [6, 6.07) is 9.77. The third kappa shape index (κ3) is 2.56. The molecule has 3 aromatic rings. The van der Waals surface area contributed by atoms with Crippen LogP contribution < -0.4 is 10.3 Å². The maximum atomic E-state index is 12.8. The predicted molar refractivity (Wildman–Crippen MR) is 103 cm³/mol. The van der Waals surface area contributed by atoms with Crippen LogP contribution in [0.3, 0.4) is 0 Å². The van der Waals surface area contributed by atoms with Gasteiger partial charge in [0.05, 0.1) is 20.7 Å². The van der Waals surface area contributed by atoms with Gasteiger partial charge in [-0.1, -0.05) is 23.5 Å². The molecular weight excluding hydrogens is 408 g/mol. The first-order chi connectivity index (χ1) is 11.7. The van der Waals surface area contributed by atoms with E-state index >= 15 is 0 Å². The number of carbonyl (C=O) groups excluding carboxylic acids is 1. The highest BCUT2D eigenvalue weighted by Gasteiger charge is 2.34. The lowest BCUT2D eigenvalue weighted by molar-refractivity contribution is -0.114. The van der Waals surface area contributed by atoms with Crippen molar-refractivity contribution in [1.82, 2.24) is 10.3 Å². The van der Waals surface area contributed by atoms with Crippen LogP contribution in [-0.2, 0) is 4.79 Å². The zero-order chi connectivity index (χ0) is 16.7. The fourth-order valence-corrected chi connectivity index (χ4v) is 4.73. The number of amides is 1. The van der Waals surface area contributed by atoms with E-state index < -0.39 is 0 Å². The number of nitrogens with zero attached hydrogens (tertiary/aromatic N) is 3. The molecular formula is C16H11BrN4OS2. The van der Waals surface area contributed by atoms with Gasteiger partial charge in [0.15, 0.2) is 0 Å². The van der Waals surface area contributed by atoms with Gasteiger partial charge in [0, 0.05) is 23.1 Å². The Morgan fingerprint density at radius 2 is 2.17 bits per heavy atom. The van der Waals surface area contributed by atoms with Gasteiger partial charge in [-0.3, -0.25) is 4.79 Å². The summed E-state index contributed by atoms with van der Waals surface area (Å²) in [5, 5.41) is 11.4. The first kappa shape index (κ1) is 15.5. The zero-order valence-corrected chi connectivity index (χ0v) is 15.7. The molecule has 0 spiro atoms. The highest BCUT2D eigenvalue weighted by Crippen LogP contribution is 2.34. The first-order valence-electron chi connectivity index (χ1n) is 7.08. The summed E-state index contributed by atoms with van der Waals surface area (Å²) in [5.41, 5.74) is 2.06. The fraction of sp³-hybridized carbons (Fsp3) is 0.0625. The predicted octanol–water partition coefficient (Wildman–Crippen LogP) is 3.97. The average Bonchev–Trinajstić information content (AvgIpc) is 3.26. The Kier molecular flexibility index (Phi) is 3.95. The monoisotopic (exact) mass is 418 g/mol. The van der Waals surface area contributed by atoms with Gasteiger partial charge >= 0.3 is 0 Å². The number of nitrogens with one attached hydrogen (secondary N) is 1. The molecule has 3 heterocycles. The van der Waals surface area contributed by atoms with E-state index in [4.69, 9.17) is 0 Å². The summed E-state index contributed by atoms with van der Waals surface area (Å²) >= 11 is 6.44. The molecule has 1 aromatic carbocycles. The number of hydrogen-bond donors (Lipinski definition) is 1. The standard InChI is InChI=1S/C16H11BrN4OS2/c1-18-7-10-14(13-6-9(17)8-23-13)20-21(15(10)22)16-19-11-4-2-3-5-12(11)24-16/h2-8,18H,1H3/b10-7+. The van der Waals surface area contributed by atoms with Crippen molar-refractivity contribution >= 4 is 65.6 Å². The van der Waals surface area contributed by atoms with Crippen molar-refractivity contribution in [2.75, 3.05) is 12.1 Å². The van der Waals surface area contributed by atoms with Crippen molar-refractivity contribution in [2.45, 2.75) is 0 Å². The molecule has 1 aliphatic heterocycles. The van der Waals surface area contributed by atoms with Crippen molar-refractivity contribution in [3.63, 3.8) is 0 Å². The molecule has 0 fully saturated rings. The maximum Gasteiger partial charge on any atom is 0.284 e. The number of hydrazone groups is 1. The van der Waals surface area contributed by atoms with Crippen LogP contribution in [-0.4, -0.2) is 23.7 Å². The van der Waals surface area contributed by atoms with Gasteiger partial charge in [0.1, 0.15) is 5.71 Å². The van der Waals surface area contributed by atoms with Crippen molar-refractivity contribution < 1.29 is 4.79 Å². The van der Waals surface area contributed by atoms with Gasteiger partial charge < -0.3 is 5.32 Å². The Bertz CT molecular complexity index is 971. The third-order valence-corrected chi connectivity index (χ3v) is 6.14. The molecule has 2 aromatic heterocycles. The normalized spacial score (nSPS) is 16.2. The second kappa shape index (κ2) is 6.12. The number of carbonyl (C=O) groups is 1. The van der Waals surface area contributed by atoms with E-state index in [1.165, 1.54) is 27.7 Å². The molecule has 0 aliphatic carbocycles. The van der Waals surface area contributed by atoms with Crippen LogP contribution in [0.25, 0.3) is 10.2 Å². The van der Waals surface area contributed by atoms with E-state index in [1.54, 1.807) is 13.2 Å². The summed E-state index contributed by atoms with van der Waals surface area (Å²) in [7, 11) is 1.77. The molecule has 120 valence electrons. The van der Waals surface area contributed by atoms with Gasteiger partial charge in [0.2, 0.25) is 5.13 Å². The number of hydrogen-bond acceptors (Lipinski definition) is 6. The number of fused-ring (bicyclic) bond motifs is 1. The Labute approximate surface area is 154 Å². The number of anilines is 1. The number of aromatic nitrogens is 1. The molecule has 4 rings (SSSR count). The highest BCUT2D eigenvalue weighted by molar-refractivity contribution is 9.10. The van der Waals surface area contributed by atoms with Crippen LogP contribution in [0.5, 0.6) is 0 Å². The Balaban J connectivity index is 1.82. The number of halogens is 1. The van der Waals surface area contributed by atoms with Crippen LogP contribution >= 0.6 is 38.6 Å². The Morgan fingerprint density at radius 3 is 2.88 bits per heavy atom. The lowest BCUT2D eigenvalue weighted by atomic mass is 10.1. The Morgan fingerprint density at radius 1 is 1.33 bits per heavy atom. The van der Waals surface area contributed by atoms with Gasteiger partial charge in [-0.05, 0) is 34.1 Å². The first-order valence-corrected chi connectivity index (χ1v) is 9.57. The molecule has 0 unspecified atom stereocenters. The van der Waals surface area contributed by atoms with Crippen molar-refractivity contribution in [3.05, 3.63) is 56.8 Å². The highest BCUT2D eigenvalue weighted by atomic mass is 79.9. The van der Waals surface area contributed by atoms with Gasteiger partial charge in [-0.2, -0.15) is 10.1 Å². The van der Waals surface area contributed by atoms with Gasteiger partial charge in [-0.25, -0.2) is 4.98 Å². The minimum atomic E-state index is -0.178. The molecule has 0 bridgehead atoms. The SMILES string of the molecule is CN/C=C1/C(=O)N(c2nc3ccccc3s2)N=C1c1cc(Br)cs1. The second-order valence-electron chi connectivity index (χ2n) is 5.01. The summed E-state index contributed by atoms with van der Waals surface area (Å²) < 4.78 is 2.00. The summed E-state index contributed by atoms with van der Waals surface area (Å²) in [5.74, 6) is -0.178. The van der Waals surface area contributed by atoms with Crippen molar-refractivity contribution in [3.8, 4) is 0 Å². The maximum absolute atomic E-state index is 12.8. The zero-order valence-electron chi connectivity index (χ0n) is 12.5. The topological polar surface area (TPSA) is 57.6 Å². The molecule has 1 amide bonds. The molecule has 5 nitrogen and oxygen atoms in total. The van der Waals surface area contributed by atoms with E-state index in [0.717, 1.165) is 19.6 Å². The van der Waals surface area contributed by atoms with E-state index in [9.17, 15) is 4.79 Å². The summed E-state index contributed by atoms with van der Waals surface area (Å²) in [6.07, 6.45) is 1.68. The van der Waals surface area contributed by atoms with Crippen molar-refractivity contribution in [2.24, 2.45) is 5.10 Å². The number of rotatable bonds is 3. The summed E-state index contributed by atoms with van der Waals surface area (Å²) in [4.78, 5) is 18.3. The average molecular weight is 419 g/mol. The molecule has 1 aliphatic rings. The smallest absolute Gasteiger partial charge is 0.284 e. The number of benzene rings is 1.